The lowest BCUT2D eigenvalue weighted by Gasteiger charge is -2.32. The minimum Gasteiger partial charge on any atom is -0.354 e. The molecule has 1 aliphatic rings. The van der Waals surface area contributed by atoms with Crippen molar-refractivity contribution in [1.82, 2.24) is 10.2 Å². The Morgan fingerprint density at radius 2 is 1.97 bits per heavy atom. The number of hydrogen-bond donors (Lipinski definition) is 1. The Hall–Kier alpha value is -3.43. The van der Waals surface area contributed by atoms with Gasteiger partial charge in [-0.3, -0.25) is 4.79 Å². The van der Waals surface area contributed by atoms with Gasteiger partial charge < -0.3 is 10.2 Å². The Morgan fingerprint density at radius 3 is 2.70 bits per heavy atom. The number of hydrogen-bond acceptors (Lipinski definition) is 5. The third-order valence-corrected chi connectivity index (χ3v) is 5.43. The van der Waals surface area contributed by atoms with Crippen LogP contribution in [0, 0.1) is 17.2 Å². The van der Waals surface area contributed by atoms with Gasteiger partial charge in [-0.15, -0.1) is 10.2 Å². The first-order chi connectivity index (χ1) is 14.6. The predicted molar refractivity (Wildman–Crippen MR) is 117 cm³/mol. The van der Waals surface area contributed by atoms with Gasteiger partial charge in [-0.2, -0.15) is 5.26 Å². The van der Waals surface area contributed by atoms with Crippen molar-refractivity contribution >= 4 is 29.0 Å². The van der Waals surface area contributed by atoms with Crippen molar-refractivity contribution in [2.75, 3.05) is 23.3 Å². The summed E-state index contributed by atoms with van der Waals surface area (Å²) in [6, 6.07) is 20.7. The molecule has 1 N–H and O–H groups in total. The van der Waals surface area contributed by atoms with Crippen LogP contribution < -0.4 is 10.2 Å². The minimum absolute atomic E-state index is 0.118. The zero-order valence-corrected chi connectivity index (χ0v) is 17.0. The van der Waals surface area contributed by atoms with Crippen molar-refractivity contribution in [1.29, 1.82) is 5.26 Å². The number of nitrogens with zero attached hydrogens (tertiary/aromatic N) is 4. The summed E-state index contributed by atoms with van der Waals surface area (Å²) >= 11 is 6.02. The van der Waals surface area contributed by atoms with Crippen LogP contribution in [0.2, 0.25) is 5.02 Å². The number of halogens is 1. The zero-order chi connectivity index (χ0) is 20.9. The Bertz CT molecular complexity index is 1080. The Labute approximate surface area is 180 Å². The highest BCUT2D eigenvalue weighted by molar-refractivity contribution is 6.31. The first-order valence-electron chi connectivity index (χ1n) is 9.78. The number of amides is 1. The summed E-state index contributed by atoms with van der Waals surface area (Å²) < 4.78 is 0. The number of rotatable bonds is 4. The molecule has 6 nitrogen and oxygen atoms in total. The van der Waals surface area contributed by atoms with E-state index in [-0.39, 0.29) is 11.8 Å². The predicted octanol–water partition coefficient (Wildman–Crippen LogP) is 4.52. The van der Waals surface area contributed by atoms with Crippen molar-refractivity contribution in [3.05, 3.63) is 71.2 Å². The number of aromatic nitrogens is 2. The molecule has 1 atom stereocenters. The molecule has 1 aromatic heterocycles. The first kappa shape index (κ1) is 19.9. The van der Waals surface area contributed by atoms with Crippen LogP contribution in [0.4, 0.5) is 11.5 Å². The molecule has 0 spiro atoms. The van der Waals surface area contributed by atoms with E-state index in [0.29, 0.717) is 22.8 Å². The van der Waals surface area contributed by atoms with Crippen LogP contribution in [0.5, 0.6) is 0 Å². The molecule has 0 bridgehead atoms. The van der Waals surface area contributed by atoms with E-state index in [2.05, 4.69) is 26.5 Å². The minimum atomic E-state index is -0.208. The average Bonchev–Trinajstić information content (AvgIpc) is 2.80. The smallest absolute Gasteiger partial charge is 0.229 e. The van der Waals surface area contributed by atoms with Crippen LogP contribution in [0.3, 0.4) is 0 Å². The van der Waals surface area contributed by atoms with E-state index in [1.165, 1.54) is 0 Å². The van der Waals surface area contributed by atoms with E-state index in [0.717, 1.165) is 36.5 Å². The SMILES string of the molecule is N#Cc1ccc(Cl)cc1NC(=O)C1CCCN(c2ccc(-c3ccccc3)nn2)C1. The second-order valence-corrected chi connectivity index (χ2v) is 7.66. The second kappa shape index (κ2) is 8.93. The molecule has 3 aromatic rings. The summed E-state index contributed by atoms with van der Waals surface area (Å²) in [6.07, 6.45) is 1.65. The first-order valence-corrected chi connectivity index (χ1v) is 10.2. The van der Waals surface area contributed by atoms with Crippen molar-refractivity contribution in [3.8, 4) is 17.3 Å². The average molecular weight is 418 g/mol. The lowest BCUT2D eigenvalue weighted by Crippen LogP contribution is -2.41. The van der Waals surface area contributed by atoms with Gasteiger partial charge in [0.2, 0.25) is 5.91 Å². The number of nitrogens with one attached hydrogen (secondary N) is 1. The number of carbonyl (C=O) groups excluding carboxylic acids is 1. The van der Waals surface area contributed by atoms with Gasteiger partial charge in [0.15, 0.2) is 5.82 Å². The van der Waals surface area contributed by atoms with Crippen molar-refractivity contribution in [2.24, 2.45) is 5.92 Å². The lowest BCUT2D eigenvalue weighted by molar-refractivity contribution is -0.120. The van der Waals surface area contributed by atoms with E-state index < -0.39 is 0 Å². The summed E-state index contributed by atoms with van der Waals surface area (Å²) in [5.74, 6) is 0.430. The molecular weight excluding hydrogens is 398 g/mol. The molecule has 150 valence electrons. The fraction of sp³-hybridized carbons (Fsp3) is 0.217. The number of benzene rings is 2. The van der Waals surface area contributed by atoms with Crippen LogP contribution >= 0.6 is 11.6 Å². The molecule has 0 radical (unpaired) electrons. The maximum Gasteiger partial charge on any atom is 0.229 e. The van der Waals surface area contributed by atoms with Crippen molar-refractivity contribution in [2.45, 2.75) is 12.8 Å². The van der Waals surface area contributed by atoms with Crippen LogP contribution in [0.25, 0.3) is 11.3 Å². The summed E-state index contributed by atoms with van der Waals surface area (Å²) in [6.45, 7) is 1.37. The molecule has 1 fully saturated rings. The van der Waals surface area contributed by atoms with Gasteiger partial charge in [0.25, 0.3) is 0 Å². The fourth-order valence-corrected chi connectivity index (χ4v) is 3.78. The maximum atomic E-state index is 12.8. The molecule has 1 saturated heterocycles. The molecule has 7 heteroatoms. The quantitative estimate of drug-likeness (QED) is 0.674. The highest BCUT2D eigenvalue weighted by atomic mass is 35.5. The third-order valence-electron chi connectivity index (χ3n) is 5.20. The summed E-state index contributed by atoms with van der Waals surface area (Å²) in [4.78, 5) is 14.9. The van der Waals surface area contributed by atoms with E-state index in [9.17, 15) is 10.1 Å². The number of anilines is 2. The Balaban J connectivity index is 1.45. The molecular formula is C23H20ClN5O. The summed E-state index contributed by atoms with van der Waals surface area (Å²) in [5, 5.41) is 21.3. The number of piperidine rings is 1. The molecule has 2 aromatic carbocycles. The van der Waals surface area contributed by atoms with Gasteiger partial charge in [-0.25, -0.2) is 0 Å². The normalized spacial score (nSPS) is 16.0. The van der Waals surface area contributed by atoms with Gasteiger partial charge in [0, 0.05) is 23.7 Å². The lowest BCUT2D eigenvalue weighted by atomic mass is 9.96. The van der Waals surface area contributed by atoms with Crippen LogP contribution in [0.15, 0.2) is 60.7 Å². The van der Waals surface area contributed by atoms with E-state index in [1.54, 1.807) is 18.2 Å². The van der Waals surface area contributed by atoms with Gasteiger partial charge in [0.1, 0.15) is 6.07 Å². The molecule has 1 aliphatic heterocycles. The number of nitriles is 1. The molecule has 1 amide bonds. The molecule has 4 rings (SSSR count). The monoisotopic (exact) mass is 417 g/mol. The van der Waals surface area contributed by atoms with Gasteiger partial charge in [-0.1, -0.05) is 41.9 Å². The van der Waals surface area contributed by atoms with Crippen molar-refractivity contribution in [3.63, 3.8) is 0 Å². The summed E-state index contributed by atoms with van der Waals surface area (Å²) in [5.41, 5.74) is 2.67. The van der Waals surface area contributed by atoms with E-state index >= 15 is 0 Å². The molecule has 30 heavy (non-hydrogen) atoms. The largest absolute Gasteiger partial charge is 0.354 e. The maximum absolute atomic E-state index is 12.8. The van der Waals surface area contributed by atoms with Crippen LogP contribution in [-0.2, 0) is 4.79 Å². The number of carbonyl (C=O) groups is 1. The summed E-state index contributed by atoms with van der Waals surface area (Å²) in [7, 11) is 0. The van der Waals surface area contributed by atoms with E-state index in [4.69, 9.17) is 11.6 Å². The van der Waals surface area contributed by atoms with Gasteiger partial charge >= 0.3 is 0 Å². The Kier molecular flexibility index (Phi) is 5.92. The Morgan fingerprint density at radius 1 is 1.13 bits per heavy atom. The molecule has 0 aliphatic carbocycles. The standard InChI is InChI=1S/C23H20ClN5O/c24-19-9-8-17(14-25)21(13-19)26-23(30)18-7-4-12-29(15-18)22-11-10-20(27-28-22)16-5-2-1-3-6-16/h1-3,5-6,8-11,13,18H,4,7,12,15H2,(H,26,30). The van der Waals surface area contributed by atoms with Crippen LogP contribution in [0.1, 0.15) is 18.4 Å². The van der Waals surface area contributed by atoms with Crippen LogP contribution in [-0.4, -0.2) is 29.2 Å². The molecule has 1 unspecified atom stereocenters. The fourth-order valence-electron chi connectivity index (χ4n) is 3.61. The molecule has 0 saturated carbocycles. The topological polar surface area (TPSA) is 81.9 Å². The highest BCUT2D eigenvalue weighted by Gasteiger charge is 2.27. The zero-order valence-electron chi connectivity index (χ0n) is 16.3. The van der Waals surface area contributed by atoms with Gasteiger partial charge in [-0.05, 0) is 43.2 Å². The third kappa shape index (κ3) is 4.42. The van der Waals surface area contributed by atoms with E-state index in [1.807, 2.05) is 42.5 Å². The highest BCUT2D eigenvalue weighted by Crippen LogP contribution is 2.26. The van der Waals surface area contributed by atoms with Crippen molar-refractivity contribution < 1.29 is 4.79 Å². The second-order valence-electron chi connectivity index (χ2n) is 7.22. The molecule has 2 heterocycles. The van der Waals surface area contributed by atoms with Gasteiger partial charge in [0.05, 0.1) is 22.9 Å².